The van der Waals surface area contributed by atoms with Crippen molar-refractivity contribution in [1.82, 2.24) is 0 Å². The Morgan fingerprint density at radius 1 is 1.30 bits per heavy atom. The molecule has 0 saturated heterocycles. The first-order valence-electron chi connectivity index (χ1n) is 6.57. The van der Waals surface area contributed by atoms with E-state index in [1.165, 1.54) is 0 Å². The van der Waals surface area contributed by atoms with Crippen LogP contribution in [0.3, 0.4) is 0 Å². The Labute approximate surface area is 122 Å². The highest BCUT2D eigenvalue weighted by molar-refractivity contribution is 6.31. The van der Waals surface area contributed by atoms with E-state index in [0.717, 1.165) is 19.3 Å². The summed E-state index contributed by atoms with van der Waals surface area (Å²) >= 11 is 5.93. The molecule has 5 nitrogen and oxygen atoms in total. The van der Waals surface area contributed by atoms with Crippen molar-refractivity contribution in [3.05, 3.63) is 28.8 Å². The third kappa shape index (κ3) is 3.22. The first kappa shape index (κ1) is 14.7. The summed E-state index contributed by atoms with van der Waals surface area (Å²) in [6.07, 6.45) is 3.27. The van der Waals surface area contributed by atoms with Crippen molar-refractivity contribution < 1.29 is 14.7 Å². The molecule has 108 valence electrons. The van der Waals surface area contributed by atoms with Crippen LogP contribution in [0.1, 0.15) is 36.0 Å². The van der Waals surface area contributed by atoms with E-state index in [0.29, 0.717) is 22.7 Å². The van der Waals surface area contributed by atoms with Gasteiger partial charge in [0.2, 0.25) is 0 Å². The van der Waals surface area contributed by atoms with E-state index in [4.69, 9.17) is 17.3 Å². The maximum atomic E-state index is 11.4. The van der Waals surface area contributed by atoms with E-state index in [1.807, 2.05) is 0 Å². The molecule has 0 spiro atoms. The number of carbonyl (C=O) groups excluding carboxylic acids is 1. The molecule has 1 saturated carbocycles. The Kier molecular flexibility index (Phi) is 4.49. The number of primary amides is 1. The highest BCUT2D eigenvalue weighted by Crippen LogP contribution is 2.29. The summed E-state index contributed by atoms with van der Waals surface area (Å²) in [4.78, 5) is 22.7. The molecule has 2 rings (SSSR count). The second kappa shape index (κ2) is 6.13. The van der Waals surface area contributed by atoms with E-state index in [1.54, 1.807) is 18.2 Å². The lowest BCUT2D eigenvalue weighted by molar-refractivity contribution is -0.143. The van der Waals surface area contributed by atoms with Gasteiger partial charge in [0.25, 0.3) is 5.91 Å². The zero-order valence-corrected chi connectivity index (χ0v) is 11.7. The largest absolute Gasteiger partial charge is 0.481 e. The van der Waals surface area contributed by atoms with Gasteiger partial charge in [-0.15, -0.1) is 0 Å². The van der Waals surface area contributed by atoms with Crippen LogP contribution in [0, 0.1) is 5.92 Å². The van der Waals surface area contributed by atoms with E-state index in [-0.39, 0.29) is 6.04 Å². The van der Waals surface area contributed by atoms with Gasteiger partial charge in [0.05, 0.1) is 11.5 Å². The lowest BCUT2D eigenvalue weighted by atomic mass is 9.84. The van der Waals surface area contributed by atoms with Gasteiger partial charge < -0.3 is 16.2 Å². The lowest BCUT2D eigenvalue weighted by Gasteiger charge is -2.30. The molecule has 1 aliphatic rings. The smallest absolute Gasteiger partial charge is 0.308 e. The minimum Gasteiger partial charge on any atom is -0.481 e. The number of anilines is 1. The van der Waals surface area contributed by atoms with Crippen LogP contribution < -0.4 is 11.1 Å². The molecule has 2 atom stereocenters. The molecule has 0 radical (unpaired) electrons. The first-order valence-corrected chi connectivity index (χ1v) is 6.95. The maximum absolute atomic E-state index is 11.4. The van der Waals surface area contributed by atoms with Crippen molar-refractivity contribution in [3.63, 3.8) is 0 Å². The molecule has 0 aromatic heterocycles. The molecule has 1 fully saturated rings. The average Bonchev–Trinajstić information content (AvgIpc) is 2.38. The SMILES string of the molecule is NC(=O)c1ccc(Cl)cc1NC1CCCCC1C(=O)O. The fourth-order valence-corrected chi connectivity index (χ4v) is 2.82. The van der Waals surface area contributed by atoms with Crippen LogP contribution in [0.15, 0.2) is 18.2 Å². The normalized spacial score (nSPS) is 22.2. The number of rotatable bonds is 4. The van der Waals surface area contributed by atoms with Gasteiger partial charge in [0.1, 0.15) is 0 Å². The average molecular weight is 297 g/mol. The topological polar surface area (TPSA) is 92.4 Å². The van der Waals surface area contributed by atoms with Crippen LogP contribution in [0.2, 0.25) is 5.02 Å². The van der Waals surface area contributed by atoms with E-state index in [2.05, 4.69) is 5.32 Å². The Hall–Kier alpha value is -1.75. The van der Waals surface area contributed by atoms with Crippen LogP contribution in [0.25, 0.3) is 0 Å². The highest BCUT2D eigenvalue weighted by Gasteiger charge is 2.31. The van der Waals surface area contributed by atoms with Crippen LogP contribution in [0.5, 0.6) is 0 Å². The van der Waals surface area contributed by atoms with Crippen molar-refractivity contribution >= 4 is 29.2 Å². The summed E-state index contributed by atoms with van der Waals surface area (Å²) < 4.78 is 0. The molecule has 0 heterocycles. The van der Waals surface area contributed by atoms with Gasteiger partial charge in [-0.3, -0.25) is 9.59 Å². The Balaban J connectivity index is 2.25. The molecular weight excluding hydrogens is 280 g/mol. The van der Waals surface area contributed by atoms with Gasteiger partial charge in [-0.05, 0) is 31.0 Å². The number of nitrogens with one attached hydrogen (secondary N) is 1. The monoisotopic (exact) mass is 296 g/mol. The first-order chi connectivity index (χ1) is 9.49. The minimum atomic E-state index is -0.815. The number of aliphatic carboxylic acids is 1. The Morgan fingerprint density at radius 2 is 2.00 bits per heavy atom. The lowest BCUT2D eigenvalue weighted by Crippen LogP contribution is -2.37. The van der Waals surface area contributed by atoms with Crippen molar-refractivity contribution in [3.8, 4) is 0 Å². The number of carboxylic acid groups (broad SMARTS) is 1. The van der Waals surface area contributed by atoms with Gasteiger partial charge in [0.15, 0.2) is 0 Å². The van der Waals surface area contributed by atoms with Gasteiger partial charge >= 0.3 is 5.97 Å². The van der Waals surface area contributed by atoms with Crippen molar-refractivity contribution in [2.45, 2.75) is 31.7 Å². The predicted octanol–water partition coefficient (Wildman–Crippen LogP) is 2.49. The number of hydrogen-bond donors (Lipinski definition) is 3. The Bertz CT molecular complexity index is 533. The van der Waals surface area contributed by atoms with Gasteiger partial charge in [-0.1, -0.05) is 24.4 Å². The molecule has 4 N–H and O–H groups in total. The van der Waals surface area contributed by atoms with E-state index >= 15 is 0 Å². The summed E-state index contributed by atoms with van der Waals surface area (Å²) in [5.41, 5.74) is 6.15. The second-order valence-corrected chi connectivity index (χ2v) is 5.47. The third-order valence-electron chi connectivity index (χ3n) is 3.67. The highest BCUT2D eigenvalue weighted by atomic mass is 35.5. The third-order valence-corrected chi connectivity index (χ3v) is 3.91. The molecule has 6 heteroatoms. The van der Waals surface area contributed by atoms with Gasteiger partial charge in [-0.2, -0.15) is 0 Å². The maximum Gasteiger partial charge on any atom is 0.308 e. The number of halogens is 1. The van der Waals surface area contributed by atoms with E-state index < -0.39 is 17.8 Å². The number of carbonyl (C=O) groups is 2. The number of carboxylic acids is 1. The number of hydrogen-bond acceptors (Lipinski definition) is 3. The molecule has 0 bridgehead atoms. The Morgan fingerprint density at radius 3 is 2.65 bits per heavy atom. The van der Waals surface area contributed by atoms with Crippen LogP contribution in [0.4, 0.5) is 5.69 Å². The summed E-state index contributed by atoms with van der Waals surface area (Å²) in [5, 5.41) is 12.9. The van der Waals surface area contributed by atoms with Crippen molar-refractivity contribution in [2.24, 2.45) is 11.7 Å². The molecule has 2 unspecified atom stereocenters. The molecule has 20 heavy (non-hydrogen) atoms. The zero-order chi connectivity index (χ0) is 14.7. The molecule has 0 aliphatic heterocycles. The second-order valence-electron chi connectivity index (χ2n) is 5.03. The molecule has 1 aromatic rings. The molecular formula is C14H17ClN2O3. The zero-order valence-electron chi connectivity index (χ0n) is 10.9. The molecule has 1 amide bonds. The van der Waals surface area contributed by atoms with Gasteiger partial charge in [0, 0.05) is 16.8 Å². The summed E-state index contributed by atoms with van der Waals surface area (Å²) in [5.74, 6) is -1.83. The van der Waals surface area contributed by atoms with Crippen LogP contribution in [-0.2, 0) is 4.79 Å². The number of benzene rings is 1. The summed E-state index contributed by atoms with van der Waals surface area (Å²) in [6, 6.07) is 4.53. The summed E-state index contributed by atoms with van der Waals surface area (Å²) in [6.45, 7) is 0. The quantitative estimate of drug-likeness (QED) is 0.796. The van der Waals surface area contributed by atoms with Crippen LogP contribution in [-0.4, -0.2) is 23.0 Å². The predicted molar refractivity (Wildman–Crippen MR) is 77.0 cm³/mol. The van der Waals surface area contributed by atoms with Crippen molar-refractivity contribution in [2.75, 3.05) is 5.32 Å². The molecule has 1 aromatic carbocycles. The standard InChI is InChI=1S/C14H17ClN2O3/c15-8-5-6-9(13(16)18)12(7-8)17-11-4-2-1-3-10(11)14(19)20/h5-7,10-11,17H,1-4H2,(H2,16,18)(H,19,20). The van der Waals surface area contributed by atoms with E-state index in [9.17, 15) is 14.7 Å². The van der Waals surface area contributed by atoms with Gasteiger partial charge in [-0.25, -0.2) is 0 Å². The minimum absolute atomic E-state index is 0.210. The fourth-order valence-electron chi connectivity index (χ4n) is 2.65. The van der Waals surface area contributed by atoms with Crippen molar-refractivity contribution in [1.29, 1.82) is 0 Å². The number of nitrogens with two attached hydrogens (primary N) is 1. The fraction of sp³-hybridized carbons (Fsp3) is 0.429. The molecule has 1 aliphatic carbocycles. The number of amides is 1. The van der Waals surface area contributed by atoms with Crippen LogP contribution >= 0.6 is 11.6 Å². The summed E-state index contributed by atoms with van der Waals surface area (Å²) in [7, 11) is 0.